The van der Waals surface area contributed by atoms with Gasteiger partial charge in [0, 0.05) is 5.56 Å². The van der Waals surface area contributed by atoms with Crippen LogP contribution in [0.3, 0.4) is 0 Å². The summed E-state index contributed by atoms with van der Waals surface area (Å²) in [6, 6.07) is 13.1. The Morgan fingerprint density at radius 1 is 1.12 bits per heavy atom. The van der Waals surface area contributed by atoms with E-state index in [1.807, 2.05) is 6.07 Å². The summed E-state index contributed by atoms with van der Waals surface area (Å²) >= 11 is 0. The van der Waals surface area contributed by atoms with Crippen LogP contribution in [-0.4, -0.2) is 36.0 Å². The first-order valence-electron chi connectivity index (χ1n) is 8.11. The fourth-order valence-corrected chi connectivity index (χ4v) is 3.11. The number of rotatable bonds is 4. The predicted octanol–water partition coefficient (Wildman–Crippen LogP) is 2.07. The summed E-state index contributed by atoms with van der Waals surface area (Å²) in [5.74, 6) is 0.224. The molecular formula is C19H16N2O5. The van der Waals surface area contributed by atoms with Crippen molar-refractivity contribution in [3.05, 3.63) is 59.7 Å². The molecule has 2 aromatic rings. The molecule has 132 valence electrons. The summed E-state index contributed by atoms with van der Waals surface area (Å²) in [5.41, 5.74) is -0.174. The van der Waals surface area contributed by atoms with Gasteiger partial charge in [0.1, 0.15) is 5.54 Å². The number of nitrogens with one attached hydrogen (secondary N) is 1. The van der Waals surface area contributed by atoms with Crippen LogP contribution in [0.15, 0.2) is 48.5 Å². The van der Waals surface area contributed by atoms with E-state index in [1.165, 1.54) is 0 Å². The minimum Gasteiger partial charge on any atom is -0.454 e. The average Bonchev–Trinajstić information content (AvgIpc) is 3.20. The molecule has 0 spiro atoms. The standard InChI is InChI=1S/C19H16N2O5/c1-19(13-5-3-2-4-6-13)17(23)21(18(24)20-19)10-14(22)12-7-8-15-16(9-12)26-11-25-15/h2-9H,10-11H2,1H3,(H,20,24)/t19-/m1/s1. The molecule has 7 heteroatoms. The van der Waals surface area contributed by atoms with E-state index >= 15 is 0 Å². The minimum absolute atomic E-state index is 0.107. The number of carbonyl (C=O) groups is 3. The van der Waals surface area contributed by atoms with E-state index in [0.717, 1.165) is 4.90 Å². The lowest BCUT2D eigenvalue weighted by atomic mass is 9.92. The molecule has 2 aromatic carbocycles. The van der Waals surface area contributed by atoms with Crippen LogP contribution in [0.1, 0.15) is 22.8 Å². The van der Waals surface area contributed by atoms with Crippen molar-refractivity contribution in [3.8, 4) is 11.5 Å². The van der Waals surface area contributed by atoms with Crippen molar-refractivity contribution < 1.29 is 23.9 Å². The summed E-state index contributed by atoms with van der Waals surface area (Å²) < 4.78 is 10.5. The van der Waals surface area contributed by atoms with Gasteiger partial charge in [-0.25, -0.2) is 4.79 Å². The van der Waals surface area contributed by atoms with Gasteiger partial charge >= 0.3 is 6.03 Å². The molecule has 1 fully saturated rings. The van der Waals surface area contributed by atoms with Crippen LogP contribution in [0.4, 0.5) is 4.79 Å². The van der Waals surface area contributed by atoms with Crippen LogP contribution in [0.25, 0.3) is 0 Å². The number of nitrogens with zero attached hydrogens (tertiary/aromatic N) is 1. The van der Waals surface area contributed by atoms with Gasteiger partial charge in [0.25, 0.3) is 5.91 Å². The molecule has 3 amide bonds. The number of Topliss-reactive ketones (excluding diaryl/α,β-unsaturated/α-hetero) is 1. The SMILES string of the molecule is C[C@]1(c2ccccc2)NC(=O)N(CC(=O)c2ccc3c(c2)OCO3)C1=O. The number of amides is 3. The van der Waals surface area contributed by atoms with Crippen molar-refractivity contribution in [2.24, 2.45) is 0 Å². The highest BCUT2D eigenvalue weighted by atomic mass is 16.7. The molecule has 2 heterocycles. The second-order valence-electron chi connectivity index (χ2n) is 6.30. The maximum absolute atomic E-state index is 12.8. The molecule has 0 unspecified atom stereocenters. The number of hydrogen-bond donors (Lipinski definition) is 1. The van der Waals surface area contributed by atoms with E-state index in [0.29, 0.717) is 22.6 Å². The Morgan fingerprint density at radius 3 is 2.62 bits per heavy atom. The number of carbonyl (C=O) groups excluding carboxylic acids is 3. The van der Waals surface area contributed by atoms with E-state index in [-0.39, 0.29) is 19.1 Å². The van der Waals surface area contributed by atoms with Gasteiger partial charge in [-0.15, -0.1) is 0 Å². The molecular weight excluding hydrogens is 336 g/mol. The molecule has 1 N–H and O–H groups in total. The number of urea groups is 1. The largest absolute Gasteiger partial charge is 0.454 e. The predicted molar refractivity (Wildman–Crippen MR) is 90.9 cm³/mol. The van der Waals surface area contributed by atoms with Gasteiger partial charge in [-0.1, -0.05) is 30.3 Å². The Hall–Kier alpha value is -3.35. The zero-order chi connectivity index (χ0) is 18.3. The zero-order valence-corrected chi connectivity index (χ0v) is 14.0. The maximum atomic E-state index is 12.8. The summed E-state index contributed by atoms with van der Waals surface area (Å²) in [6.45, 7) is 1.40. The second-order valence-corrected chi connectivity index (χ2v) is 6.30. The molecule has 1 saturated heterocycles. The number of hydrogen-bond acceptors (Lipinski definition) is 5. The highest BCUT2D eigenvalue weighted by Crippen LogP contribution is 2.33. The first-order chi connectivity index (χ1) is 12.5. The monoisotopic (exact) mass is 352 g/mol. The van der Waals surface area contributed by atoms with Gasteiger partial charge in [-0.2, -0.15) is 0 Å². The number of fused-ring (bicyclic) bond motifs is 1. The Bertz CT molecular complexity index is 911. The highest BCUT2D eigenvalue weighted by Gasteiger charge is 2.49. The molecule has 2 aliphatic rings. The smallest absolute Gasteiger partial charge is 0.325 e. The number of imide groups is 1. The fourth-order valence-electron chi connectivity index (χ4n) is 3.11. The molecule has 0 aliphatic carbocycles. The minimum atomic E-state index is -1.19. The highest BCUT2D eigenvalue weighted by molar-refractivity contribution is 6.11. The van der Waals surface area contributed by atoms with Crippen LogP contribution in [0.5, 0.6) is 11.5 Å². The topological polar surface area (TPSA) is 84.9 Å². The summed E-state index contributed by atoms with van der Waals surface area (Å²) in [7, 11) is 0. The molecule has 0 bridgehead atoms. The van der Waals surface area contributed by atoms with Gasteiger partial charge < -0.3 is 14.8 Å². The van der Waals surface area contributed by atoms with Crippen molar-refractivity contribution >= 4 is 17.7 Å². The van der Waals surface area contributed by atoms with E-state index < -0.39 is 17.5 Å². The molecule has 0 radical (unpaired) electrons. The van der Waals surface area contributed by atoms with Gasteiger partial charge in [-0.3, -0.25) is 14.5 Å². The lowest BCUT2D eigenvalue weighted by Crippen LogP contribution is -2.41. The molecule has 0 aromatic heterocycles. The van der Waals surface area contributed by atoms with Crippen molar-refractivity contribution in [2.75, 3.05) is 13.3 Å². The Labute approximate surface area is 149 Å². The summed E-state index contributed by atoms with van der Waals surface area (Å²) in [4.78, 5) is 38.7. The van der Waals surface area contributed by atoms with Gasteiger partial charge in [-0.05, 0) is 30.7 Å². The van der Waals surface area contributed by atoms with Crippen molar-refractivity contribution in [1.29, 1.82) is 0 Å². The first-order valence-corrected chi connectivity index (χ1v) is 8.11. The van der Waals surface area contributed by atoms with E-state index in [9.17, 15) is 14.4 Å². The third kappa shape index (κ3) is 2.48. The van der Waals surface area contributed by atoms with Crippen LogP contribution in [0.2, 0.25) is 0 Å². The quantitative estimate of drug-likeness (QED) is 0.673. The van der Waals surface area contributed by atoms with Crippen LogP contribution in [-0.2, 0) is 10.3 Å². The first kappa shape index (κ1) is 16.1. The number of ether oxygens (including phenoxy) is 2. The van der Waals surface area contributed by atoms with Crippen LogP contribution in [0, 0.1) is 0 Å². The molecule has 2 aliphatic heterocycles. The summed E-state index contributed by atoms with van der Waals surface area (Å²) in [5, 5.41) is 2.69. The lowest BCUT2D eigenvalue weighted by molar-refractivity contribution is -0.130. The molecule has 0 saturated carbocycles. The van der Waals surface area contributed by atoms with E-state index in [4.69, 9.17) is 9.47 Å². The van der Waals surface area contributed by atoms with E-state index in [1.54, 1.807) is 49.4 Å². The second kappa shape index (κ2) is 5.87. The third-order valence-electron chi connectivity index (χ3n) is 4.62. The van der Waals surface area contributed by atoms with E-state index in [2.05, 4.69) is 5.32 Å². The van der Waals surface area contributed by atoms with Crippen molar-refractivity contribution in [1.82, 2.24) is 10.2 Å². The van der Waals surface area contributed by atoms with Gasteiger partial charge in [0.2, 0.25) is 6.79 Å². The third-order valence-corrected chi connectivity index (χ3v) is 4.62. The van der Waals surface area contributed by atoms with Crippen LogP contribution >= 0.6 is 0 Å². The summed E-state index contributed by atoms with van der Waals surface area (Å²) in [6.07, 6.45) is 0. The number of ketones is 1. The normalized spacial score (nSPS) is 21.0. The Morgan fingerprint density at radius 2 is 1.85 bits per heavy atom. The number of benzene rings is 2. The lowest BCUT2D eigenvalue weighted by Gasteiger charge is -2.22. The zero-order valence-electron chi connectivity index (χ0n) is 14.0. The molecule has 4 rings (SSSR count). The molecule has 7 nitrogen and oxygen atoms in total. The Kier molecular flexibility index (Phi) is 3.64. The maximum Gasteiger partial charge on any atom is 0.325 e. The van der Waals surface area contributed by atoms with Gasteiger partial charge in [0.15, 0.2) is 17.3 Å². The average molecular weight is 352 g/mol. The fraction of sp³-hybridized carbons (Fsp3) is 0.211. The van der Waals surface area contributed by atoms with Crippen molar-refractivity contribution in [2.45, 2.75) is 12.5 Å². The van der Waals surface area contributed by atoms with Crippen LogP contribution < -0.4 is 14.8 Å². The Balaban J connectivity index is 1.56. The molecule has 1 atom stereocenters. The van der Waals surface area contributed by atoms with Crippen molar-refractivity contribution in [3.63, 3.8) is 0 Å². The van der Waals surface area contributed by atoms with Gasteiger partial charge in [0.05, 0.1) is 6.54 Å². The molecule has 26 heavy (non-hydrogen) atoms.